The highest BCUT2D eigenvalue weighted by Gasteiger charge is 2.48. The second kappa shape index (κ2) is 15.0. The van der Waals surface area contributed by atoms with Gasteiger partial charge in [0.25, 0.3) is 0 Å². The van der Waals surface area contributed by atoms with E-state index in [0.717, 1.165) is 37.7 Å². The number of fused-ring (bicyclic) bond motifs is 4. The smallest absolute Gasteiger partial charge is 0.316 e. The highest BCUT2D eigenvalue weighted by atomic mass is 28.3. The Bertz CT molecular complexity index is 2020. The van der Waals surface area contributed by atoms with Crippen LogP contribution in [-0.2, 0) is 10.3 Å². The van der Waals surface area contributed by atoms with Gasteiger partial charge in [0.15, 0.2) is 0 Å². The average Bonchev–Trinajstić information content (AvgIpc) is 3.47. The van der Waals surface area contributed by atoms with Crippen molar-refractivity contribution in [2.45, 2.75) is 114 Å². The SMILES string of the molecule is COC1CCN(C)CC1(C)COc1ncc2ccc(C3(O)C=C4C(F)=CC(F)(F)C(C#C[Si](C(C)C)(C(C)C)C(C)C)=C4C(N4C[C@H]5CC[C@@H](C4)N5)=C3)cc2n1. The lowest BCUT2D eigenvalue weighted by Gasteiger charge is -2.43. The summed E-state index contributed by atoms with van der Waals surface area (Å²) in [7, 11) is 1.37. The maximum Gasteiger partial charge on any atom is 0.316 e. The van der Waals surface area contributed by atoms with Crippen molar-refractivity contribution in [3.8, 4) is 17.5 Å². The zero-order valence-electron chi connectivity index (χ0n) is 34.3. The number of aliphatic hydroxyl groups is 1. The van der Waals surface area contributed by atoms with Crippen LogP contribution in [0.15, 0.2) is 70.9 Å². The van der Waals surface area contributed by atoms with Crippen LogP contribution < -0.4 is 10.1 Å². The number of methoxy groups -OCH3 is 1. The minimum Gasteiger partial charge on any atom is -0.463 e. The van der Waals surface area contributed by atoms with Gasteiger partial charge in [0.2, 0.25) is 0 Å². The highest BCUT2D eigenvalue weighted by molar-refractivity contribution is 6.90. The van der Waals surface area contributed by atoms with Crippen molar-refractivity contribution in [3.05, 3.63) is 76.4 Å². The third-order valence-electron chi connectivity index (χ3n) is 13.2. The van der Waals surface area contributed by atoms with Crippen molar-refractivity contribution >= 4 is 19.0 Å². The van der Waals surface area contributed by atoms with E-state index < -0.39 is 31.0 Å². The molecule has 0 saturated carbocycles. The molecule has 5 atom stereocenters. The van der Waals surface area contributed by atoms with Crippen molar-refractivity contribution < 1.29 is 27.8 Å². The molecule has 0 radical (unpaired) electrons. The molecule has 2 N–H and O–H groups in total. The number of ether oxygens (including phenoxy) is 2. The Hall–Kier alpha value is -3.47. The van der Waals surface area contributed by atoms with Gasteiger partial charge in [-0.25, -0.2) is 9.37 Å². The standard InChI is InChI=1S/C44H58F3N5O3Si/c1-27(2)56(28(3)4,29(5)6)17-15-35-40-34(36(45)20-44(35,46)47)19-43(53,21-38(40)52-23-32-12-13-33(24-52)49-32)31-11-10-30-22-48-41(50-37(30)18-31)55-26-42(7)25-51(8)16-14-39(42)54-9/h10-11,18-22,27-29,32-33,39,49,53H,12-14,16,23-26H2,1-9H3/t32-,33+,39?,42?,43?. The van der Waals surface area contributed by atoms with Gasteiger partial charge in [0, 0.05) is 85.3 Å². The van der Waals surface area contributed by atoms with Gasteiger partial charge in [0.05, 0.1) is 17.2 Å². The Balaban J connectivity index is 1.33. The summed E-state index contributed by atoms with van der Waals surface area (Å²) in [6.45, 7) is 18.2. The predicted octanol–water partition coefficient (Wildman–Crippen LogP) is 7.83. The van der Waals surface area contributed by atoms with E-state index in [-0.39, 0.29) is 57.4 Å². The first-order chi connectivity index (χ1) is 26.4. The van der Waals surface area contributed by atoms with E-state index in [1.165, 1.54) is 6.08 Å². The molecule has 2 aliphatic carbocycles. The molecule has 3 aliphatic heterocycles. The lowest BCUT2D eigenvalue weighted by Crippen LogP contribution is -2.52. The van der Waals surface area contributed by atoms with E-state index in [9.17, 15) is 5.11 Å². The van der Waals surface area contributed by atoms with E-state index in [1.807, 2.05) is 4.90 Å². The molecule has 3 unspecified atom stereocenters. The minimum absolute atomic E-state index is 0.0241. The number of hydrogen-bond acceptors (Lipinski definition) is 8. The normalized spacial score (nSPS) is 29.3. The number of rotatable bonds is 9. The molecule has 2 bridgehead atoms. The molecule has 1 aromatic heterocycles. The number of nitrogens with one attached hydrogen (secondary N) is 1. The third kappa shape index (κ3) is 7.27. The molecule has 302 valence electrons. The number of benzene rings is 1. The number of likely N-dealkylation sites (tertiary alicyclic amines) is 2. The van der Waals surface area contributed by atoms with Crippen LogP contribution in [0.3, 0.4) is 0 Å². The lowest BCUT2D eigenvalue weighted by molar-refractivity contribution is -0.0754. The van der Waals surface area contributed by atoms with Crippen molar-refractivity contribution in [1.82, 2.24) is 25.1 Å². The summed E-state index contributed by atoms with van der Waals surface area (Å²) in [6.07, 6.45) is 7.87. The first-order valence-corrected chi connectivity index (χ1v) is 22.5. The maximum atomic E-state index is 16.3. The van der Waals surface area contributed by atoms with Crippen LogP contribution in [0.1, 0.15) is 73.3 Å². The van der Waals surface area contributed by atoms with Crippen molar-refractivity contribution in [2.24, 2.45) is 5.41 Å². The fourth-order valence-corrected chi connectivity index (χ4v) is 15.6. The van der Waals surface area contributed by atoms with Crippen LogP contribution >= 0.6 is 0 Å². The molecule has 0 spiro atoms. The molecule has 2 aromatic rings. The summed E-state index contributed by atoms with van der Waals surface area (Å²) < 4.78 is 61.0. The number of nitrogens with zero attached hydrogens (tertiary/aromatic N) is 4. The summed E-state index contributed by atoms with van der Waals surface area (Å²) in [5, 5.41) is 17.0. The Morgan fingerprint density at radius 2 is 1.70 bits per heavy atom. The molecule has 4 heterocycles. The second-order valence-corrected chi connectivity index (χ2v) is 23.7. The first kappa shape index (κ1) is 40.7. The minimum atomic E-state index is -3.64. The van der Waals surface area contributed by atoms with E-state index in [2.05, 4.69) is 82.2 Å². The molecule has 12 heteroatoms. The van der Waals surface area contributed by atoms with Crippen LogP contribution in [0.25, 0.3) is 10.9 Å². The van der Waals surface area contributed by atoms with Gasteiger partial charge in [-0.15, -0.1) is 5.54 Å². The predicted molar refractivity (Wildman–Crippen MR) is 218 cm³/mol. The quantitative estimate of drug-likeness (QED) is 0.197. The van der Waals surface area contributed by atoms with Crippen molar-refractivity contribution in [3.63, 3.8) is 0 Å². The molecule has 0 amide bonds. The molecular weight excluding hydrogens is 732 g/mol. The van der Waals surface area contributed by atoms with Crippen LogP contribution in [0.2, 0.25) is 16.6 Å². The summed E-state index contributed by atoms with van der Waals surface area (Å²) in [5.74, 6) is -1.66. The number of alkyl halides is 2. The number of allylic oxidation sites excluding steroid dienone is 4. The average molecular weight is 790 g/mol. The molecule has 5 aliphatic rings. The van der Waals surface area contributed by atoms with E-state index in [1.54, 1.807) is 37.6 Å². The van der Waals surface area contributed by atoms with Gasteiger partial charge in [-0.2, -0.15) is 13.8 Å². The van der Waals surface area contributed by atoms with Crippen LogP contribution in [0.4, 0.5) is 13.2 Å². The number of piperidine rings is 1. The van der Waals surface area contributed by atoms with E-state index >= 15 is 13.2 Å². The van der Waals surface area contributed by atoms with Gasteiger partial charge in [-0.05, 0) is 66.7 Å². The molecular formula is C44H58F3N5O3Si. The number of hydrogen-bond donors (Lipinski definition) is 2. The number of aromatic nitrogens is 2. The van der Waals surface area contributed by atoms with Gasteiger partial charge in [0.1, 0.15) is 26.1 Å². The molecule has 3 fully saturated rings. The molecule has 3 saturated heterocycles. The Kier molecular flexibility index (Phi) is 10.9. The van der Waals surface area contributed by atoms with Crippen LogP contribution in [0, 0.1) is 16.9 Å². The Labute approximate surface area is 331 Å². The first-order valence-electron chi connectivity index (χ1n) is 20.2. The molecule has 7 rings (SSSR count). The summed E-state index contributed by atoms with van der Waals surface area (Å²) >= 11 is 0. The van der Waals surface area contributed by atoms with Crippen LogP contribution in [0.5, 0.6) is 6.01 Å². The fraction of sp³-hybridized carbons (Fsp3) is 0.591. The Morgan fingerprint density at radius 1 is 1.02 bits per heavy atom. The van der Waals surface area contributed by atoms with Gasteiger partial charge < -0.3 is 29.7 Å². The summed E-state index contributed by atoms with van der Waals surface area (Å²) in [5.41, 5.74) is 2.95. The van der Waals surface area contributed by atoms with Crippen LogP contribution in [-0.4, -0.2) is 104 Å². The van der Waals surface area contributed by atoms with Crippen molar-refractivity contribution in [1.29, 1.82) is 0 Å². The number of piperazine rings is 1. The maximum absolute atomic E-state index is 16.3. The fourth-order valence-electron chi connectivity index (χ4n) is 10.4. The monoisotopic (exact) mass is 789 g/mol. The van der Waals surface area contributed by atoms with Gasteiger partial charge in [-0.3, -0.25) is 0 Å². The topological polar surface area (TPSA) is 83.0 Å². The zero-order valence-corrected chi connectivity index (χ0v) is 35.3. The van der Waals surface area contributed by atoms with E-state index in [0.29, 0.717) is 42.5 Å². The van der Waals surface area contributed by atoms with Gasteiger partial charge in [-0.1, -0.05) is 66.5 Å². The third-order valence-corrected chi connectivity index (χ3v) is 19.5. The zero-order chi connectivity index (χ0) is 40.4. The van der Waals surface area contributed by atoms with Crippen molar-refractivity contribution in [2.75, 3.05) is 46.9 Å². The highest BCUT2D eigenvalue weighted by Crippen LogP contribution is 2.50. The molecule has 8 nitrogen and oxygen atoms in total. The summed E-state index contributed by atoms with van der Waals surface area (Å²) in [4.78, 5) is 13.5. The second-order valence-electron chi connectivity index (χ2n) is 18.1. The largest absolute Gasteiger partial charge is 0.463 e. The summed E-state index contributed by atoms with van der Waals surface area (Å²) in [6, 6.07) is 5.81. The molecule has 1 aromatic carbocycles. The van der Waals surface area contributed by atoms with Gasteiger partial charge >= 0.3 is 11.9 Å². The number of halogens is 3. The Morgan fingerprint density at radius 3 is 2.34 bits per heavy atom. The van der Waals surface area contributed by atoms with E-state index in [4.69, 9.17) is 14.5 Å². The molecule has 56 heavy (non-hydrogen) atoms. The lowest BCUT2D eigenvalue weighted by atomic mass is 9.77.